The number of aryl methyl sites for hydroxylation is 2. The van der Waals surface area contributed by atoms with Crippen molar-refractivity contribution < 1.29 is 0 Å². The highest BCUT2D eigenvalue weighted by Gasteiger charge is 2.26. The third-order valence-electron chi connectivity index (χ3n) is 3.95. The molecule has 1 aliphatic carbocycles. The molecule has 1 aromatic heterocycles. The Balaban J connectivity index is 1.78. The van der Waals surface area contributed by atoms with Crippen LogP contribution in [0.4, 0.5) is 0 Å². The third kappa shape index (κ3) is 2.58. The lowest BCUT2D eigenvalue weighted by molar-refractivity contribution is 0.464. The van der Waals surface area contributed by atoms with E-state index >= 15 is 0 Å². The van der Waals surface area contributed by atoms with Gasteiger partial charge in [-0.25, -0.2) is 0 Å². The maximum absolute atomic E-state index is 6.11. The van der Waals surface area contributed by atoms with E-state index in [9.17, 15) is 0 Å². The van der Waals surface area contributed by atoms with Crippen LogP contribution in [0.1, 0.15) is 47.0 Å². The van der Waals surface area contributed by atoms with E-state index in [-0.39, 0.29) is 0 Å². The van der Waals surface area contributed by atoms with Crippen LogP contribution < -0.4 is 5.32 Å². The molecule has 0 saturated heterocycles. The van der Waals surface area contributed by atoms with Gasteiger partial charge in [0.15, 0.2) is 0 Å². The van der Waals surface area contributed by atoms with Gasteiger partial charge in [0.2, 0.25) is 0 Å². The number of thiophene rings is 1. The van der Waals surface area contributed by atoms with Gasteiger partial charge in [0.05, 0.1) is 4.34 Å². The summed E-state index contributed by atoms with van der Waals surface area (Å²) in [5.41, 5.74) is 4.15. The highest BCUT2D eigenvalue weighted by molar-refractivity contribution is 7.16. The lowest BCUT2D eigenvalue weighted by Crippen LogP contribution is -2.23. The Hall–Kier alpha value is -0.830. The summed E-state index contributed by atoms with van der Waals surface area (Å²) in [6.45, 7) is 4.42. The van der Waals surface area contributed by atoms with Crippen LogP contribution in [0.3, 0.4) is 0 Å². The SMILES string of the molecule is Cc1ccccc1[C@@H](C)NC1CCc2sc(Cl)cc21. The van der Waals surface area contributed by atoms with Gasteiger partial charge < -0.3 is 5.32 Å². The second-order valence-corrected chi connectivity index (χ2v) is 7.03. The summed E-state index contributed by atoms with van der Waals surface area (Å²) in [5, 5.41) is 3.75. The van der Waals surface area contributed by atoms with Gasteiger partial charge in [-0.05, 0) is 49.4 Å². The van der Waals surface area contributed by atoms with E-state index < -0.39 is 0 Å². The van der Waals surface area contributed by atoms with Crippen molar-refractivity contribution in [3.63, 3.8) is 0 Å². The monoisotopic (exact) mass is 291 g/mol. The highest BCUT2D eigenvalue weighted by Crippen LogP contribution is 2.40. The predicted octanol–water partition coefficient (Wildman–Crippen LogP) is 5.05. The molecule has 1 aliphatic rings. The van der Waals surface area contributed by atoms with Crippen LogP contribution in [0.25, 0.3) is 0 Å². The highest BCUT2D eigenvalue weighted by atomic mass is 35.5. The van der Waals surface area contributed by atoms with E-state index in [1.807, 2.05) is 0 Å². The quantitative estimate of drug-likeness (QED) is 0.834. The van der Waals surface area contributed by atoms with Gasteiger partial charge in [0.25, 0.3) is 0 Å². The van der Waals surface area contributed by atoms with Crippen molar-refractivity contribution in [2.45, 2.75) is 38.8 Å². The summed E-state index contributed by atoms with van der Waals surface area (Å²) >= 11 is 7.85. The first-order valence-electron chi connectivity index (χ1n) is 6.75. The number of benzene rings is 1. The minimum atomic E-state index is 0.371. The molecule has 100 valence electrons. The first kappa shape index (κ1) is 13.2. The van der Waals surface area contributed by atoms with Gasteiger partial charge in [-0.3, -0.25) is 0 Å². The van der Waals surface area contributed by atoms with Crippen LogP contribution in [0.2, 0.25) is 4.34 Å². The summed E-state index contributed by atoms with van der Waals surface area (Å²) in [6, 6.07) is 11.6. The van der Waals surface area contributed by atoms with Crippen molar-refractivity contribution in [1.82, 2.24) is 5.32 Å². The summed E-state index contributed by atoms with van der Waals surface area (Å²) in [4.78, 5) is 1.46. The third-order valence-corrected chi connectivity index (χ3v) is 5.29. The molecule has 0 radical (unpaired) electrons. The molecule has 0 bridgehead atoms. The fourth-order valence-electron chi connectivity index (χ4n) is 2.97. The zero-order chi connectivity index (χ0) is 13.4. The van der Waals surface area contributed by atoms with Gasteiger partial charge >= 0.3 is 0 Å². The van der Waals surface area contributed by atoms with Crippen molar-refractivity contribution in [3.8, 4) is 0 Å². The van der Waals surface area contributed by atoms with E-state index in [0.717, 1.165) is 10.8 Å². The zero-order valence-electron chi connectivity index (χ0n) is 11.2. The molecule has 3 rings (SSSR count). The van der Waals surface area contributed by atoms with Crippen LogP contribution in [0, 0.1) is 6.92 Å². The zero-order valence-corrected chi connectivity index (χ0v) is 12.8. The molecular weight excluding hydrogens is 274 g/mol. The molecule has 0 amide bonds. The predicted molar refractivity (Wildman–Crippen MR) is 83.1 cm³/mol. The molecule has 0 fully saturated rings. The van der Waals surface area contributed by atoms with Gasteiger partial charge in [0.1, 0.15) is 0 Å². The van der Waals surface area contributed by atoms with E-state index in [2.05, 4.69) is 49.5 Å². The van der Waals surface area contributed by atoms with Crippen LogP contribution in [-0.2, 0) is 6.42 Å². The second-order valence-electron chi connectivity index (χ2n) is 5.27. The Kier molecular flexibility index (Phi) is 3.66. The molecule has 3 heteroatoms. The Morgan fingerprint density at radius 3 is 2.95 bits per heavy atom. The first-order valence-corrected chi connectivity index (χ1v) is 7.94. The molecule has 2 atom stereocenters. The van der Waals surface area contributed by atoms with E-state index in [1.54, 1.807) is 11.3 Å². The van der Waals surface area contributed by atoms with E-state index in [0.29, 0.717) is 12.1 Å². The molecule has 2 aromatic rings. The molecule has 19 heavy (non-hydrogen) atoms. The van der Waals surface area contributed by atoms with Gasteiger partial charge in [-0.15, -0.1) is 11.3 Å². The molecule has 0 aliphatic heterocycles. The fourth-order valence-corrected chi connectivity index (χ4v) is 4.32. The maximum Gasteiger partial charge on any atom is 0.0934 e. The van der Waals surface area contributed by atoms with Crippen molar-refractivity contribution in [2.75, 3.05) is 0 Å². The number of halogens is 1. The normalized spacial score (nSPS) is 19.4. The molecule has 1 heterocycles. The molecule has 1 N–H and O–H groups in total. The van der Waals surface area contributed by atoms with Gasteiger partial charge in [0, 0.05) is 17.0 Å². The standard InChI is InChI=1S/C16H18ClNS/c1-10-5-3-4-6-12(10)11(2)18-14-7-8-15-13(14)9-16(17)19-15/h3-6,9,11,14,18H,7-8H2,1-2H3/t11-,14?/m1/s1. The largest absolute Gasteiger partial charge is 0.303 e. The van der Waals surface area contributed by atoms with Crippen molar-refractivity contribution in [3.05, 3.63) is 56.2 Å². The maximum atomic E-state index is 6.11. The molecule has 0 saturated carbocycles. The van der Waals surface area contributed by atoms with E-state index in [1.165, 1.54) is 28.0 Å². The Morgan fingerprint density at radius 1 is 1.37 bits per heavy atom. The molecule has 1 nitrogen and oxygen atoms in total. The minimum absolute atomic E-state index is 0.371. The Morgan fingerprint density at radius 2 is 2.16 bits per heavy atom. The fraction of sp³-hybridized carbons (Fsp3) is 0.375. The lowest BCUT2D eigenvalue weighted by Gasteiger charge is -2.21. The summed E-state index contributed by atoms with van der Waals surface area (Å²) < 4.78 is 0.917. The first-order chi connectivity index (χ1) is 9.15. The molecular formula is C16H18ClNS. The number of hydrogen-bond acceptors (Lipinski definition) is 2. The smallest absolute Gasteiger partial charge is 0.0934 e. The second kappa shape index (κ2) is 5.28. The average molecular weight is 292 g/mol. The van der Waals surface area contributed by atoms with Crippen LogP contribution in [0.5, 0.6) is 0 Å². The summed E-state index contributed by atoms with van der Waals surface area (Å²) in [7, 11) is 0. The van der Waals surface area contributed by atoms with Crippen molar-refractivity contribution in [1.29, 1.82) is 0 Å². The van der Waals surface area contributed by atoms with Crippen molar-refractivity contribution in [2.24, 2.45) is 0 Å². The summed E-state index contributed by atoms with van der Waals surface area (Å²) in [6.07, 6.45) is 2.35. The van der Waals surface area contributed by atoms with Crippen LogP contribution in [0.15, 0.2) is 30.3 Å². The Bertz CT molecular complexity index is 590. The van der Waals surface area contributed by atoms with E-state index in [4.69, 9.17) is 11.6 Å². The average Bonchev–Trinajstić information content (AvgIpc) is 2.90. The lowest BCUT2D eigenvalue weighted by atomic mass is 10.0. The van der Waals surface area contributed by atoms with Gasteiger partial charge in [-0.1, -0.05) is 35.9 Å². The van der Waals surface area contributed by atoms with Crippen LogP contribution in [-0.4, -0.2) is 0 Å². The minimum Gasteiger partial charge on any atom is -0.303 e. The van der Waals surface area contributed by atoms with Crippen LogP contribution >= 0.6 is 22.9 Å². The number of rotatable bonds is 3. The number of nitrogens with one attached hydrogen (secondary N) is 1. The number of fused-ring (bicyclic) bond motifs is 1. The topological polar surface area (TPSA) is 12.0 Å². The molecule has 1 unspecified atom stereocenters. The molecule has 1 aromatic carbocycles. The van der Waals surface area contributed by atoms with Gasteiger partial charge in [-0.2, -0.15) is 0 Å². The van der Waals surface area contributed by atoms with Crippen molar-refractivity contribution >= 4 is 22.9 Å². The molecule has 0 spiro atoms. The summed E-state index contributed by atoms with van der Waals surface area (Å²) in [5.74, 6) is 0. The number of hydrogen-bond donors (Lipinski definition) is 1. The Labute approximate surface area is 123 Å².